The van der Waals surface area contributed by atoms with Crippen LogP contribution in [0.2, 0.25) is 0 Å². The molecular formula is C20H28N6O6. The van der Waals surface area contributed by atoms with Gasteiger partial charge >= 0.3 is 0 Å². The fraction of sp³-hybridized carbons (Fsp3) is 0.500. The maximum absolute atomic E-state index is 8.93. The van der Waals surface area contributed by atoms with Crippen molar-refractivity contribution in [1.29, 1.82) is 0 Å². The van der Waals surface area contributed by atoms with Crippen molar-refractivity contribution in [3.8, 4) is 0 Å². The predicted octanol–water partition coefficient (Wildman–Crippen LogP) is -3.55. The summed E-state index contributed by atoms with van der Waals surface area (Å²) in [5, 5.41) is 30.1. The minimum Gasteiger partial charge on any atom is -0.543 e. The lowest BCUT2D eigenvalue weighted by atomic mass is 10.1. The lowest BCUT2D eigenvalue weighted by Crippen LogP contribution is -2.85. The van der Waals surface area contributed by atoms with Crippen molar-refractivity contribution in [2.45, 2.75) is 39.5 Å². The zero-order chi connectivity index (χ0) is 23.3. The van der Waals surface area contributed by atoms with E-state index < -0.39 is 11.9 Å². The molecule has 0 fully saturated rings. The number of hydrogen-bond acceptors (Lipinski definition) is 10. The van der Waals surface area contributed by atoms with Gasteiger partial charge in [0.1, 0.15) is 13.1 Å². The van der Waals surface area contributed by atoms with Crippen LogP contribution in [0.5, 0.6) is 0 Å². The van der Waals surface area contributed by atoms with Crippen LogP contribution in [-0.2, 0) is 22.4 Å². The number of aromatic nitrogens is 4. The minimum atomic E-state index is -2.19. The molecule has 32 heavy (non-hydrogen) atoms. The van der Waals surface area contributed by atoms with Gasteiger partial charge in [0, 0.05) is 25.7 Å². The average Bonchev–Trinajstić information content (AvgIpc) is 3.51. The van der Waals surface area contributed by atoms with Crippen LogP contribution < -0.4 is 20.8 Å². The summed E-state index contributed by atoms with van der Waals surface area (Å²) in [4.78, 5) is 26.4. The minimum absolute atomic E-state index is 0.702. The van der Waals surface area contributed by atoms with Crippen LogP contribution in [0.1, 0.15) is 50.1 Å². The lowest BCUT2D eigenvalue weighted by Gasteiger charge is -2.06. The Morgan fingerprint density at radius 1 is 0.844 bits per heavy atom. The van der Waals surface area contributed by atoms with Gasteiger partial charge in [0.25, 0.3) is 11.8 Å². The van der Waals surface area contributed by atoms with Crippen molar-refractivity contribution in [2.75, 3.05) is 26.2 Å². The fourth-order valence-electron chi connectivity index (χ4n) is 2.84. The molecule has 0 radical (unpaired) electrons. The molecule has 174 valence electrons. The molecule has 0 atom stereocenters. The molecule has 0 aromatic carbocycles. The van der Waals surface area contributed by atoms with Crippen molar-refractivity contribution in [3.63, 3.8) is 0 Å². The average molecular weight is 448 g/mol. The number of carboxylic acids is 2. The number of hydrogen-bond donors (Lipinski definition) is 2. The van der Waals surface area contributed by atoms with Gasteiger partial charge in [-0.2, -0.15) is 9.97 Å². The first-order chi connectivity index (χ1) is 15.4. The summed E-state index contributed by atoms with van der Waals surface area (Å²) < 4.78 is 10.3. The summed E-state index contributed by atoms with van der Waals surface area (Å²) >= 11 is 0. The third kappa shape index (κ3) is 8.04. The van der Waals surface area contributed by atoms with Crippen molar-refractivity contribution in [2.24, 2.45) is 0 Å². The molecule has 0 bridgehead atoms. The van der Waals surface area contributed by atoms with Crippen LogP contribution in [-0.4, -0.2) is 58.4 Å². The number of aryl methyl sites for hydroxylation is 2. The SMILES string of the molecule is CCc1noc(C2=CCC[NH2+]C2)n1.CCc1noc(C2=CCC[NH2+]C2)n1.O=C([O-])C(=O)[O-]. The van der Waals surface area contributed by atoms with Crippen molar-refractivity contribution < 1.29 is 39.5 Å². The van der Waals surface area contributed by atoms with Gasteiger partial charge in [-0.15, -0.1) is 0 Å². The zero-order valence-corrected chi connectivity index (χ0v) is 18.2. The van der Waals surface area contributed by atoms with E-state index in [1.807, 2.05) is 13.8 Å². The molecule has 0 unspecified atom stereocenters. The molecule has 2 aromatic rings. The second-order valence-electron chi connectivity index (χ2n) is 6.91. The number of rotatable bonds is 4. The number of carbonyl (C=O) groups is 2. The zero-order valence-electron chi connectivity index (χ0n) is 18.2. The lowest BCUT2D eigenvalue weighted by molar-refractivity contribution is -0.645. The van der Waals surface area contributed by atoms with Gasteiger partial charge in [-0.25, -0.2) is 0 Å². The maximum atomic E-state index is 8.93. The first-order valence-electron chi connectivity index (χ1n) is 10.5. The molecule has 4 N–H and O–H groups in total. The van der Waals surface area contributed by atoms with Crippen LogP contribution >= 0.6 is 0 Å². The first kappa shape index (κ1) is 24.9. The van der Waals surface area contributed by atoms with E-state index in [9.17, 15) is 0 Å². The summed E-state index contributed by atoms with van der Waals surface area (Å²) in [6.45, 7) is 8.30. The highest BCUT2D eigenvalue weighted by molar-refractivity contribution is 6.25. The second-order valence-corrected chi connectivity index (χ2v) is 6.91. The Kier molecular flexibility index (Phi) is 10.2. The van der Waals surface area contributed by atoms with Crippen LogP contribution in [0.3, 0.4) is 0 Å². The molecule has 4 rings (SSSR count). The van der Waals surface area contributed by atoms with E-state index in [-0.39, 0.29) is 0 Å². The molecule has 2 aliphatic heterocycles. The van der Waals surface area contributed by atoms with Gasteiger partial charge in [0.2, 0.25) is 0 Å². The smallest absolute Gasteiger partial charge is 0.259 e. The Labute approximate surface area is 184 Å². The predicted molar refractivity (Wildman–Crippen MR) is 106 cm³/mol. The van der Waals surface area contributed by atoms with E-state index in [1.165, 1.54) is 11.1 Å². The standard InChI is InChI=1S/2C9H13N3O.C2H2O4/c2*1-2-8-11-9(13-12-8)7-4-3-5-10-6-7;3-1(4)2(5)6/h2*4,10H,2-3,5-6H2,1H3;(H,3,4)(H,5,6). The van der Waals surface area contributed by atoms with Crippen molar-refractivity contribution in [1.82, 2.24) is 20.3 Å². The molecular weight excluding hydrogens is 420 g/mol. The van der Waals surface area contributed by atoms with Crippen molar-refractivity contribution >= 4 is 23.1 Å². The molecule has 0 spiro atoms. The normalized spacial score (nSPS) is 15.3. The molecule has 2 aliphatic rings. The first-order valence-corrected chi connectivity index (χ1v) is 10.5. The van der Waals surface area contributed by atoms with Crippen LogP contribution in [0.15, 0.2) is 21.2 Å². The Balaban J connectivity index is 0.000000183. The molecule has 0 amide bonds. The highest BCUT2D eigenvalue weighted by Crippen LogP contribution is 2.13. The summed E-state index contributed by atoms with van der Waals surface area (Å²) in [6.07, 6.45) is 8.24. The molecule has 12 heteroatoms. The summed E-state index contributed by atoms with van der Waals surface area (Å²) in [5.74, 6) is -1.38. The third-order valence-electron chi connectivity index (χ3n) is 4.54. The molecule has 4 heterocycles. The highest BCUT2D eigenvalue weighted by Gasteiger charge is 2.15. The van der Waals surface area contributed by atoms with Crippen LogP contribution in [0.25, 0.3) is 11.1 Å². The van der Waals surface area contributed by atoms with E-state index in [4.69, 9.17) is 28.8 Å². The second kappa shape index (κ2) is 13.1. The Morgan fingerprint density at radius 3 is 1.50 bits per heavy atom. The molecule has 0 saturated heterocycles. The Bertz CT molecular complexity index is 872. The third-order valence-corrected chi connectivity index (χ3v) is 4.54. The Morgan fingerprint density at radius 2 is 1.25 bits per heavy atom. The fourth-order valence-corrected chi connectivity index (χ4v) is 2.84. The van der Waals surface area contributed by atoms with E-state index >= 15 is 0 Å². The number of aliphatic carboxylic acids is 2. The summed E-state index contributed by atoms with van der Waals surface area (Å²) in [5.41, 5.74) is 2.36. The summed E-state index contributed by atoms with van der Waals surface area (Å²) in [6, 6.07) is 0. The largest absolute Gasteiger partial charge is 0.543 e. The van der Waals surface area contributed by atoms with E-state index in [0.29, 0.717) is 11.8 Å². The number of quaternary nitrogens is 2. The van der Waals surface area contributed by atoms with Crippen LogP contribution in [0.4, 0.5) is 0 Å². The van der Waals surface area contributed by atoms with Gasteiger partial charge in [0.15, 0.2) is 11.6 Å². The molecule has 0 saturated carbocycles. The Hall–Kier alpha value is -3.38. The van der Waals surface area contributed by atoms with Gasteiger partial charge in [-0.1, -0.05) is 36.3 Å². The van der Waals surface area contributed by atoms with E-state index in [0.717, 1.165) is 63.5 Å². The van der Waals surface area contributed by atoms with Gasteiger partial charge < -0.3 is 39.5 Å². The quantitative estimate of drug-likeness (QED) is 0.443. The van der Waals surface area contributed by atoms with E-state index in [2.05, 4.69) is 43.1 Å². The molecule has 0 aliphatic carbocycles. The van der Waals surface area contributed by atoms with E-state index in [1.54, 1.807) is 0 Å². The monoisotopic (exact) mass is 448 g/mol. The highest BCUT2D eigenvalue weighted by atomic mass is 16.5. The maximum Gasteiger partial charge on any atom is 0.259 e. The van der Waals surface area contributed by atoms with Crippen LogP contribution in [0, 0.1) is 0 Å². The number of nitrogens with zero attached hydrogens (tertiary/aromatic N) is 4. The number of carbonyl (C=O) groups excluding carboxylic acids is 2. The number of carboxylic acid groups (broad SMARTS) is 2. The van der Waals surface area contributed by atoms with Crippen molar-refractivity contribution in [3.05, 3.63) is 35.6 Å². The molecule has 2 aromatic heterocycles. The van der Waals surface area contributed by atoms with Gasteiger partial charge in [-0.05, 0) is 0 Å². The van der Waals surface area contributed by atoms with Gasteiger partial charge in [-0.3, -0.25) is 0 Å². The summed E-state index contributed by atoms with van der Waals surface area (Å²) in [7, 11) is 0. The van der Waals surface area contributed by atoms with Gasteiger partial charge in [0.05, 0.1) is 36.2 Å². The number of nitrogens with two attached hydrogens (primary N) is 2. The molecule has 12 nitrogen and oxygen atoms in total. The topological polar surface area (TPSA) is 191 Å².